The lowest BCUT2D eigenvalue weighted by molar-refractivity contribution is -0.120. The number of amides is 1. The fraction of sp³-hybridized carbons (Fsp3) is 0.600. The molecule has 1 heterocycles. The summed E-state index contributed by atoms with van der Waals surface area (Å²) in [4.78, 5) is 18.7. The van der Waals surface area contributed by atoms with E-state index in [9.17, 15) is 9.18 Å². The molecule has 1 aromatic carbocycles. The molecule has 0 saturated carbocycles. The van der Waals surface area contributed by atoms with Crippen LogP contribution in [0.25, 0.3) is 0 Å². The number of carbonyl (C=O) groups is 1. The minimum Gasteiger partial charge on any atom is -0.355 e. The number of carbonyl (C=O) groups excluding carboxylic acids is 1. The second-order valence-electron chi connectivity index (χ2n) is 6.91. The number of guanidine groups is 1. The Morgan fingerprint density at radius 1 is 1.19 bits per heavy atom. The molecule has 7 heteroatoms. The van der Waals surface area contributed by atoms with Gasteiger partial charge in [0.25, 0.3) is 0 Å². The number of likely N-dealkylation sites (tertiary alicyclic amines) is 1. The van der Waals surface area contributed by atoms with Crippen LogP contribution in [-0.4, -0.2) is 62.6 Å². The van der Waals surface area contributed by atoms with Crippen molar-refractivity contribution in [3.8, 4) is 0 Å². The Kier molecular flexibility index (Phi) is 9.04. The highest BCUT2D eigenvalue weighted by atomic mass is 19.1. The van der Waals surface area contributed by atoms with Gasteiger partial charge < -0.3 is 20.9 Å². The fourth-order valence-corrected chi connectivity index (χ4v) is 3.24. The summed E-state index contributed by atoms with van der Waals surface area (Å²) in [5, 5.41) is 9.57. The van der Waals surface area contributed by atoms with E-state index in [0.717, 1.165) is 37.5 Å². The molecule has 0 spiro atoms. The first-order valence-corrected chi connectivity index (χ1v) is 9.81. The van der Waals surface area contributed by atoms with E-state index >= 15 is 0 Å². The summed E-state index contributed by atoms with van der Waals surface area (Å²) >= 11 is 0. The quantitative estimate of drug-likeness (QED) is 0.365. The van der Waals surface area contributed by atoms with E-state index in [1.54, 1.807) is 19.2 Å². The summed E-state index contributed by atoms with van der Waals surface area (Å²) in [6, 6.07) is 6.44. The van der Waals surface area contributed by atoms with Crippen LogP contribution in [0.1, 0.15) is 31.7 Å². The molecule has 0 aromatic heterocycles. The van der Waals surface area contributed by atoms with Crippen LogP contribution in [0.2, 0.25) is 0 Å². The summed E-state index contributed by atoms with van der Waals surface area (Å²) in [6.45, 7) is 6.76. The molecule has 0 atom stereocenters. The highest BCUT2D eigenvalue weighted by molar-refractivity contribution is 5.80. The molecule has 1 fully saturated rings. The van der Waals surface area contributed by atoms with Crippen molar-refractivity contribution in [2.75, 3.05) is 39.8 Å². The van der Waals surface area contributed by atoms with Gasteiger partial charge in [-0.2, -0.15) is 0 Å². The van der Waals surface area contributed by atoms with Crippen LogP contribution >= 0.6 is 0 Å². The number of nitrogens with one attached hydrogen (secondary N) is 3. The smallest absolute Gasteiger partial charge is 0.224 e. The molecule has 6 nitrogen and oxygen atoms in total. The van der Waals surface area contributed by atoms with Gasteiger partial charge in [0.05, 0.1) is 6.42 Å². The molecule has 1 aromatic rings. The molecule has 150 valence electrons. The predicted molar refractivity (Wildman–Crippen MR) is 107 cm³/mol. The van der Waals surface area contributed by atoms with E-state index in [1.807, 2.05) is 0 Å². The number of hydrogen-bond donors (Lipinski definition) is 3. The largest absolute Gasteiger partial charge is 0.355 e. The lowest BCUT2D eigenvalue weighted by atomic mass is 10.1. The zero-order valence-electron chi connectivity index (χ0n) is 16.4. The first-order valence-electron chi connectivity index (χ1n) is 9.81. The van der Waals surface area contributed by atoms with Crippen molar-refractivity contribution in [3.63, 3.8) is 0 Å². The second-order valence-corrected chi connectivity index (χ2v) is 6.91. The van der Waals surface area contributed by atoms with Gasteiger partial charge in [-0.25, -0.2) is 4.39 Å². The molecule has 0 bridgehead atoms. The van der Waals surface area contributed by atoms with Gasteiger partial charge >= 0.3 is 0 Å². The van der Waals surface area contributed by atoms with Crippen LogP contribution in [0, 0.1) is 5.82 Å². The Bertz CT molecular complexity index is 597. The highest BCUT2D eigenvalue weighted by Crippen LogP contribution is 2.10. The predicted octanol–water partition coefficient (Wildman–Crippen LogP) is 1.52. The molecule has 3 N–H and O–H groups in total. The zero-order chi connectivity index (χ0) is 19.5. The van der Waals surface area contributed by atoms with Crippen molar-refractivity contribution < 1.29 is 9.18 Å². The molecule has 0 radical (unpaired) electrons. The van der Waals surface area contributed by atoms with Crippen LogP contribution < -0.4 is 16.0 Å². The van der Waals surface area contributed by atoms with Crippen molar-refractivity contribution in [3.05, 3.63) is 35.6 Å². The number of halogens is 1. The van der Waals surface area contributed by atoms with E-state index in [2.05, 4.69) is 32.8 Å². The van der Waals surface area contributed by atoms with Gasteiger partial charge in [-0.3, -0.25) is 9.79 Å². The fourth-order valence-electron chi connectivity index (χ4n) is 3.24. The van der Waals surface area contributed by atoms with Gasteiger partial charge in [0, 0.05) is 39.3 Å². The van der Waals surface area contributed by atoms with Gasteiger partial charge in [-0.05, 0) is 43.5 Å². The Balaban J connectivity index is 1.60. The molecular formula is C20H32FN5O. The van der Waals surface area contributed by atoms with Crippen molar-refractivity contribution in [1.29, 1.82) is 0 Å². The number of hydrogen-bond acceptors (Lipinski definition) is 3. The molecule has 27 heavy (non-hydrogen) atoms. The third kappa shape index (κ3) is 7.95. The average Bonchev–Trinajstić information content (AvgIpc) is 2.67. The van der Waals surface area contributed by atoms with Crippen LogP contribution in [0.4, 0.5) is 4.39 Å². The maximum absolute atomic E-state index is 12.9. The van der Waals surface area contributed by atoms with E-state index in [0.29, 0.717) is 19.1 Å². The summed E-state index contributed by atoms with van der Waals surface area (Å²) < 4.78 is 12.9. The van der Waals surface area contributed by atoms with Crippen LogP contribution in [0.3, 0.4) is 0 Å². The number of piperidine rings is 1. The first-order chi connectivity index (χ1) is 13.1. The van der Waals surface area contributed by atoms with Gasteiger partial charge in [0.15, 0.2) is 5.96 Å². The molecule has 1 aliphatic heterocycles. The molecule has 2 rings (SSSR count). The summed E-state index contributed by atoms with van der Waals surface area (Å²) in [5.74, 6) is 0.407. The monoisotopic (exact) mass is 377 g/mol. The highest BCUT2D eigenvalue weighted by Gasteiger charge is 2.19. The Labute approximate surface area is 161 Å². The lowest BCUT2D eigenvalue weighted by Gasteiger charge is -2.32. The second kappa shape index (κ2) is 11.5. The zero-order valence-corrected chi connectivity index (χ0v) is 16.4. The molecule has 1 amide bonds. The topological polar surface area (TPSA) is 68.8 Å². The normalized spacial score (nSPS) is 16.2. The number of nitrogens with zero attached hydrogens (tertiary/aromatic N) is 2. The molecule has 1 aliphatic rings. The van der Waals surface area contributed by atoms with Crippen molar-refractivity contribution in [1.82, 2.24) is 20.9 Å². The number of rotatable bonds is 8. The molecular weight excluding hydrogens is 345 g/mol. The van der Waals surface area contributed by atoms with Crippen LogP contribution in [0.15, 0.2) is 29.3 Å². The van der Waals surface area contributed by atoms with Crippen molar-refractivity contribution >= 4 is 11.9 Å². The number of benzene rings is 1. The van der Waals surface area contributed by atoms with E-state index in [1.165, 1.54) is 25.1 Å². The van der Waals surface area contributed by atoms with Crippen LogP contribution in [0.5, 0.6) is 0 Å². The Morgan fingerprint density at radius 3 is 2.48 bits per heavy atom. The van der Waals surface area contributed by atoms with Crippen molar-refractivity contribution in [2.45, 2.75) is 38.6 Å². The summed E-state index contributed by atoms with van der Waals surface area (Å²) in [6.07, 6.45) is 3.70. The van der Waals surface area contributed by atoms with Gasteiger partial charge in [-0.1, -0.05) is 19.1 Å². The van der Waals surface area contributed by atoms with E-state index in [-0.39, 0.29) is 18.1 Å². The minimum absolute atomic E-state index is 0.0744. The maximum atomic E-state index is 12.9. The van der Waals surface area contributed by atoms with Gasteiger partial charge in [0.2, 0.25) is 5.91 Å². The Morgan fingerprint density at radius 2 is 1.85 bits per heavy atom. The van der Waals surface area contributed by atoms with Gasteiger partial charge in [0.1, 0.15) is 5.82 Å². The van der Waals surface area contributed by atoms with Crippen LogP contribution in [-0.2, 0) is 11.2 Å². The SMILES string of the molecule is CCCN1CCC(NC(=NC)NCCNC(=O)Cc2ccc(F)cc2)CC1. The lowest BCUT2D eigenvalue weighted by Crippen LogP contribution is -2.49. The Hall–Kier alpha value is -2.15. The summed E-state index contributed by atoms with van der Waals surface area (Å²) in [7, 11) is 1.76. The molecule has 0 unspecified atom stereocenters. The van der Waals surface area contributed by atoms with E-state index < -0.39 is 0 Å². The molecule has 0 aliphatic carbocycles. The third-order valence-corrected chi connectivity index (χ3v) is 4.71. The average molecular weight is 378 g/mol. The first kappa shape index (κ1) is 21.2. The summed E-state index contributed by atoms with van der Waals surface area (Å²) in [5.41, 5.74) is 0.800. The maximum Gasteiger partial charge on any atom is 0.224 e. The molecule has 1 saturated heterocycles. The number of aliphatic imine (C=N–C) groups is 1. The van der Waals surface area contributed by atoms with Crippen molar-refractivity contribution in [2.24, 2.45) is 4.99 Å². The van der Waals surface area contributed by atoms with E-state index in [4.69, 9.17) is 0 Å². The minimum atomic E-state index is -0.293. The third-order valence-electron chi connectivity index (χ3n) is 4.71. The van der Waals surface area contributed by atoms with Gasteiger partial charge in [-0.15, -0.1) is 0 Å². The standard InChI is InChI=1S/C20H32FN5O/c1-3-12-26-13-8-18(9-14-26)25-20(22-2)24-11-10-23-19(27)15-16-4-6-17(21)7-5-16/h4-7,18H,3,8-15H2,1-2H3,(H,23,27)(H2,22,24,25).